The second kappa shape index (κ2) is 7.20. The molecule has 1 unspecified atom stereocenters. The molecule has 7 nitrogen and oxygen atoms in total. The molecule has 168 valence electrons. The summed E-state index contributed by atoms with van der Waals surface area (Å²) in [4.78, 5) is 32.8. The molecule has 0 saturated heterocycles. The van der Waals surface area contributed by atoms with E-state index in [1.165, 1.54) is 29.3 Å². The Morgan fingerprint density at radius 3 is 2.64 bits per heavy atom. The lowest BCUT2D eigenvalue weighted by Gasteiger charge is -2.35. The third-order valence-electron chi connectivity index (χ3n) is 7.09. The number of fused-ring (bicyclic) bond motifs is 2. The zero-order valence-corrected chi connectivity index (χ0v) is 19.2. The third kappa shape index (κ3) is 3.22. The molecule has 3 aromatic heterocycles. The number of aryl methyl sites for hydroxylation is 2. The Morgan fingerprint density at radius 1 is 1.09 bits per heavy atom. The van der Waals surface area contributed by atoms with Gasteiger partial charge >= 0.3 is 0 Å². The van der Waals surface area contributed by atoms with E-state index in [0.717, 1.165) is 11.3 Å². The van der Waals surface area contributed by atoms with Crippen molar-refractivity contribution in [1.29, 1.82) is 0 Å². The van der Waals surface area contributed by atoms with Crippen LogP contribution in [0.2, 0.25) is 0 Å². The van der Waals surface area contributed by atoms with Gasteiger partial charge in [0.15, 0.2) is 0 Å². The lowest BCUT2D eigenvalue weighted by Crippen LogP contribution is -2.49. The highest BCUT2D eigenvalue weighted by Gasteiger charge is 2.32. The quantitative estimate of drug-likeness (QED) is 0.484. The van der Waals surface area contributed by atoms with Gasteiger partial charge in [-0.3, -0.25) is 9.59 Å². The molecule has 1 aromatic carbocycles. The smallest absolute Gasteiger partial charge is 0.275 e. The van der Waals surface area contributed by atoms with Gasteiger partial charge in [0.05, 0.1) is 12.0 Å². The third-order valence-corrected chi connectivity index (χ3v) is 7.09. The summed E-state index contributed by atoms with van der Waals surface area (Å²) in [6, 6.07) is 10.1. The molecule has 1 aliphatic heterocycles. The number of hydrogen-bond acceptors (Lipinski definition) is 3. The van der Waals surface area contributed by atoms with Gasteiger partial charge in [-0.1, -0.05) is 6.07 Å². The predicted octanol–water partition coefficient (Wildman–Crippen LogP) is 3.76. The molecule has 1 atom stereocenters. The lowest BCUT2D eigenvalue weighted by atomic mass is 10.0. The van der Waals surface area contributed by atoms with Gasteiger partial charge in [0.25, 0.3) is 11.5 Å². The SMILES string of the molecule is Cc1cn(-c2ccc3n(c2=O)CC(C)N(Cc2cn(C)c4ccc(C5CC5)cc24)C3=O)cn1. The zero-order valence-electron chi connectivity index (χ0n) is 19.2. The molecule has 0 bridgehead atoms. The van der Waals surface area contributed by atoms with Gasteiger partial charge in [-0.15, -0.1) is 0 Å². The number of pyridine rings is 1. The van der Waals surface area contributed by atoms with Crippen LogP contribution in [0.4, 0.5) is 0 Å². The van der Waals surface area contributed by atoms with E-state index in [9.17, 15) is 9.59 Å². The van der Waals surface area contributed by atoms with E-state index < -0.39 is 0 Å². The molecule has 1 fully saturated rings. The minimum absolute atomic E-state index is 0.0932. The van der Waals surface area contributed by atoms with Crippen molar-refractivity contribution in [1.82, 2.24) is 23.6 Å². The molecule has 0 radical (unpaired) electrons. The van der Waals surface area contributed by atoms with Gasteiger partial charge < -0.3 is 18.6 Å². The summed E-state index contributed by atoms with van der Waals surface area (Å²) < 4.78 is 5.47. The van der Waals surface area contributed by atoms with Crippen LogP contribution in [0, 0.1) is 6.92 Å². The zero-order chi connectivity index (χ0) is 22.9. The number of carbonyl (C=O) groups excluding carboxylic acids is 1. The van der Waals surface area contributed by atoms with Crippen LogP contribution < -0.4 is 5.56 Å². The maximum atomic E-state index is 13.5. The second-order valence-corrected chi connectivity index (χ2v) is 9.54. The van der Waals surface area contributed by atoms with E-state index in [1.807, 2.05) is 24.9 Å². The first kappa shape index (κ1) is 20.0. The van der Waals surface area contributed by atoms with Crippen LogP contribution in [-0.2, 0) is 20.1 Å². The Labute approximate surface area is 191 Å². The van der Waals surface area contributed by atoms with Crippen molar-refractivity contribution in [3.05, 3.63) is 81.9 Å². The number of carbonyl (C=O) groups is 1. The van der Waals surface area contributed by atoms with Crippen molar-refractivity contribution < 1.29 is 4.79 Å². The van der Waals surface area contributed by atoms with Gasteiger partial charge in [-0.2, -0.15) is 0 Å². The topological polar surface area (TPSA) is 65.1 Å². The van der Waals surface area contributed by atoms with Crippen molar-refractivity contribution in [2.24, 2.45) is 7.05 Å². The second-order valence-electron chi connectivity index (χ2n) is 9.54. The van der Waals surface area contributed by atoms with E-state index in [-0.39, 0.29) is 17.5 Å². The fourth-order valence-electron chi connectivity index (χ4n) is 5.09. The lowest BCUT2D eigenvalue weighted by molar-refractivity contribution is 0.0591. The first-order valence-electron chi connectivity index (χ1n) is 11.5. The van der Waals surface area contributed by atoms with Gasteiger partial charge in [0.1, 0.15) is 11.4 Å². The Morgan fingerprint density at radius 2 is 1.91 bits per heavy atom. The number of rotatable bonds is 4. The normalized spacial score (nSPS) is 18.2. The van der Waals surface area contributed by atoms with E-state index in [4.69, 9.17) is 0 Å². The molecule has 1 amide bonds. The maximum Gasteiger partial charge on any atom is 0.275 e. The summed E-state index contributed by atoms with van der Waals surface area (Å²) in [6.07, 6.45) is 8.12. The number of nitrogens with zero attached hydrogens (tertiary/aromatic N) is 5. The summed E-state index contributed by atoms with van der Waals surface area (Å²) in [7, 11) is 2.05. The van der Waals surface area contributed by atoms with E-state index in [0.29, 0.717) is 30.4 Å². The number of imidazole rings is 1. The molecule has 4 aromatic rings. The molecule has 0 N–H and O–H groups in total. The van der Waals surface area contributed by atoms with Crippen molar-refractivity contribution >= 4 is 16.8 Å². The van der Waals surface area contributed by atoms with Crippen molar-refractivity contribution in [2.45, 2.75) is 51.7 Å². The first-order chi connectivity index (χ1) is 15.9. The van der Waals surface area contributed by atoms with Crippen LogP contribution in [0.25, 0.3) is 16.6 Å². The minimum atomic E-state index is -0.163. The largest absolute Gasteiger partial charge is 0.350 e. The highest BCUT2D eigenvalue weighted by atomic mass is 16.2. The van der Waals surface area contributed by atoms with E-state index in [1.54, 1.807) is 27.6 Å². The fraction of sp³-hybridized carbons (Fsp3) is 0.346. The molecule has 4 heterocycles. The number of hydrogen-bond donors (Lipinski definition) is 0. The van der Waals surface area contributed by atoms with Crippen LogP contribution in [0.15, 0.2) is 53.8 Å². The number of benzene rings is 1. The molecule has 6 rings (SSSR count). The van der Waals surface area contributed by atoms with Crippen LogP contribution in [0.3, 0.4) is 0 Å². The molecule has 1 aliphatic carbocycles. The molecule has 33 heavy (non-hydrogen) atoms. The summed E-state index contributed by atoms with van der Waals surface area (Å²) in [5.74, 6) is 0.583. The molecular weight excluding hydrogens is 414 g/mol. The standard InChI is InChI=1S/C26H27N5O2/c1-16-11-29(15-27-16)23-8-9-24-26(33)30(17(2)12-31(24)25(23)32)14-20-13-28(3)22-7-6-19(10-21(20)22)18-4-5-18/h6-11,13,15,17-18H,4-5,12,14H2,1-3H3. The molecule has 2 aliphatic rings. The van der Waals surface area contributed by atoms with Crippen molar-refractivity contribution in [3.63, 3.8) is 0 Å². The molecular formula is C26H27N5O2. The maximum absolute atomic E-state index is 13.5. The van der Waals surface area contributed by atoms with Gasteiger partial charge in [-0.25, -0.2) is 4.98 Å². The Bertz CT molecular complexity index is 1470. The van der Waals surface area contributed by atoms with Crippen LogP contribution in [-0.4, -0.2) is 35.5 Å². The number of amides is 1. The summed E-state index contributed by atoms with van der Waals surface area (Å²) in [5, 5.41) is 1.22. The van der Waals surface area contributed by atoms with E-state index >= 15 is 0 Å². The summed E-state index contributed by atoms with van der Waals surface area (Å²) in [5.41, 5.74) is 5.36. The van der Waals surface area contributed by atoms with Crippen LogP contribution >= 0.6 is 0 Å². The Hall–Kier alpha value is -3.61. The fourth-order valence-corrected chi connectivity index (χ4v) is 5.09. The monoisotopic (exact) mass is 441 g/mol. The first-order valence-corrected chi connectivity index (χ1v) is 11.5. The molecule has 7 heteroatoms. The Kier molecular flexibility index (Phi) is 4.37. The number of aromatic nitrogens is 4. The van der Waals surface area contributed by atoms with Gasteiger partial charge in [-0.05, 0) is 68.0 Å². The van der Waals surface area contributed by atoms with Gasteiger partial charge in [0.2, 0.25) is 0 Å². The molecule has 1 saturated carbocycles. The minimum Gasteiger partial charge on any atom is -0.350 e. The van der Waals surface area contributed by atoms with Crippen LogP contribution in [0.1, 0.15) is 53.0 Å². The van der Waals surface area contributed by atoms with Gasteiger partial charge in [0, 0.05) is 49.5 Å². The average molecular weight is 442 g/mol. The highest BCUT2D eigenvalue weighted by Crippen LogP contribution is 2.41. The summed E-state index contributed by atoms with van der Waals surface area (Å²) >= 11 is 0. The van der Waals surface area contributed by atoms with Crippen molar-refractivity contribution in [3.8, 4) is 5.69 Å². The van der Waals surface area contributed by atoms with Crippen LogP contribution in [0.5, 0.6) is 0 Å². The Balaban J connectivity index is 1.36. The van der Waals surface area contributed by atoms with E-state index in [2.05, 4.69) is 41.0 Å². The molecule has 0 spiro atoms. The summed E-state index contributed by atoms with van der Waals surface area (Å²) in [6.45, 7) is 4.90. The average Bonchev–Trinajstić information content (AvgIpc) is 3.49. The predicted molar refractivity (Wildman–Crippen MR) is 127 cm³/mol. The van der Waals surface area contributed by atoms with Crippen molar-refractivity contribution in [2.75, 3.05) is 0 Å². The highest BCUT2D eigenvalue weighted by molar-refractivity contribution is 5.94.